The van der Waals surface area contributed by atoms with Crippen LogP contribution in [0, 0.1) is 0 Å². The summed E-state index contributed by atoms with van der Waals surface area (Å²) in [5.74, 6) is 2.55. The summed E-state index contributed by atoms with van der Waals surface area (Å²) in [4.78, 5) is 16.1. The van der Waals surface area contributed by atoms with E-state index in [4.69, 9.17) is 0 Å². The number of hydrogen-bond donors (Lipinski definition) is 2. The molecule has 1 unspecified atom stereocenters. The van der Waals surface area contributed by atoms with Crippen LogP contribution in [0.5, 0.6) is 0 Å². The highest BCUT2D eigenvalue weighted by Crippen LogP contribution is 2.18. The molecule has 2 rings (SSSR count). The minimum absolute atomic E-state index is 0.0799. The number of anilines is 1. The summed E-state index contributed by atoms with van der Waals surface area (Å²) >= 11 is 3.41. The van der Waals surface area contributed by atoms with Crippen LogP contribution in [0.3, 0.4) is 0 Å². The minimum atomic E-state index is 0.0799. The van der Waals surface area contributed by atoms with Gasteiger partial charge in [0.25, 0.3) is 0 Å². The van der Waals surface area contributed by atoms with E-state index >= 15 is 0 Å². The average Bonchev–Trinajstić information content (AvgIpc) is 2.81. The van der Waals surface area contributed by atoms with Gasteiger partial charge in [0, 0.05) is 24.9 Å². The van der Waals surface area contributed by atoms with Gasteiger partial charge in [0.1, 0.15) is 22.1 Å². The van der Waals surface area contributed by atoms with Gasteiger partial charge in [0.15, 0.2) is 0 Å². The van der Waals surface area contributed by atoms with Crippen molar-refractivity contribution in [1.82, 2.24) is 19.9 Å². The van der Waals surface area contributed by atoms with Crippen LogP contribution in [0.15, 0.2) is 23.1 Å². The van der Waals surface area contributed by atoms with E-state index in [0.29, 0.717) is 0 Å². The molecule has 0 aliphatic rings. The highest BCUT2D eigenvalue weighted by Gasteiger charge is 2.09. The summed E-state index contributed by atoms with van der Waals surface area (Å²) in [6.07, 6.45) is 5.46. The molecule has 2 N–H and O–H groups in total. The van der Waals surface area contributed by atoms with Crippen molar-refractivity contribution in [2.24, 2.45) is 0 Å². The fourth-order valence-electron chi connectivity index (χ4n) is 1.68. The lowest BCUT2D eigenvalue weighted by Crippen LogP contribution is -2.11. The highest BCUT2D eigenvalue weighted by molar-refractivity contribution is 9.10. The number of aromatic amines is 1. The summed E-state index contributed by atoms with van der Waals surface area (Å²) in [5, 5.41) is 3.31. The maximum absolute atomic E-state index is 4.48. The van der Waals surface area contributed by atoms with Crippen LogP contribution in [-0.2, 0) is 6.42 Å². The molecule has 0 aliphatic carbocycles. The van der Waals surface area contributed by atoms with Gasteiger partial charge in [-0.3, -0.25) is 0 Å². The van der Waals surface area contributed by atoms with Gasteiger partial charge in [-0.25, -0.2) is 15.0 Å². The number of rotatable bonds is 5. The standard InChI is InChI=1S/C12H16BrN5/c1-3-4-10-17-9(13)7-11(18-10)16-8(2)12-14-5-6-15-12/h5-8H,3-4H2,1-2H3,(H,14,15)(H,16,17,18). The molecule has 0 radical (unpaired) electrons. The Morgan fingerprint density at radius 1 is 1.44 bits per heavy atom. The number of aromatic nitrogens is 4. The number of aryl methyl sites for hydroxylation is 1. The number of hydrogen-bond acceptors (Lipinski definition) is 4. The first-order valence-corrected chi connectivity index (χ1v) is 6.77. The molecule has 0 saturated carbocycles. The van der Waals surface area contributed by atoms with Crippen LogP contribution in [-0.4, -0.2) is 19.9 Å². The fourth-order valence-corrected chi connectivity index (χ4v) is 2.10. The topological polar surface area (TPSA) is 66.5 Å². The quantitative estimate of drug-likeness (QED) is 0.833. The van der Waals surface area contributed by atoms with E-state index in [2.05, 4.69) is 48.1 Å². The van der Waals surface area contributed by atoms with Crippen molar-refractivity contribution < 1.29 is 0 Å². The molecule has 18 heavy (non-hydrogen) atoms. The van der Waals surface area contributed by atoms with Gasteiger partial charge in [0.2, 0.25) is 0 Å². The third kappa shape index (κ3) is 3.29. The Morgan fingerprint density at radius 3 is 2.94 bits per heavy atom. The zero-order chi connectivity index (χ0) is 13.0. The van der Waals surface area contributed by atoms with Crippen molar-refractivity contribution in [3.63, 3.8) is 0 Å². The Balaban J connectivity index is 2.13. The summed E-state index contributed by atoms with van der Waals surface area (Å²) in [5.41, 5.74) is 0. The van der Waals surface area contributed by atoms with E-state index in [0.717, 1.165) is 34.9 Å². The van der Waals surface area contributed by atoms with Crippen molar-refractivity contribution in [2.75, 3.05) is 5.32 Å². The zero-order valence-corrected chi connectivity index (χ0v) is 12.0. The van der Waals surface area contributed by atoms with E-state index in [1.807, 2.05) is 19.2 Å². The van der Waals surface area contributed by atoms with Crippen molar-refractivity contribution in [3.05, 3.63) is 34.7 Å². The molecule has 5 nitrogen and oxygen atoms in total. The number of H-pyrrole nitrogens is 1. The van der Waals surface area contributed by atoms with Crippen LogP contribution in [0.1, 0.15) is 38.0 Å². The van der Waals surface area contributed by atoms with Crippen LogP contribution >= 0.6 is 15.9 Å². The molecule has 2 heterocycles. The summed E-state index contributed by atoms with van der Waals surface area (Å²) in [6.45, 7) is 4.15. The van der Waals surface area contributed by atoms with Gasteiger partial charge < -0.3 is 10.3 Å². The smallest absolute Gasteiger partial charge is 0.132 e. The van der Waals surface area contributed by atoms with Crippen molar-refractivity contribution in [1.29, 1.82) is 0 Å². The van der Waals surface area contributed by atoms with Crippen LogP contribution in [0.2, 0.25) is 0 Å². The third-order valence-electron chi connectivity index (χ3n) is 2.51. The van der Waals surface area contributed by atoms with Crippen molar-refractivity contribution >= 4 is 21.7 Å². The maximum Gasteiger partial charge on any atom is 0.132 e. The predicted octanol–water partition coefficient (Wildman–Crippen LogP) is 3.09. The van der Waals surface area contributed by atoms with Crippen LogP contribution < -0.4 is 5.32 Å². The number of nitrogens with zero attached hydrogens (tertiary/aromatic N) is 3. The number of halogens is 1. The van der Waals surface area contributed by atoms with Gasteiger partial charge in [-0.1, -0.05) is 6.92 Å². The molecule has 0 amide bonds. The largest absolute Gasteiger partial charge is 0.360 e. The molecule has 0 aromatic carbocycles. The normalized spacial score (nSPS) is 12.4. The van der Waals surface area contributed by atoms with Gasteiger partial charge in [-0.2, -0.15) is 0 Å². The first-order chi connectivity index (χ1) is 8.69. The molecule has 96 valence electrons. The molecule has 0 aliphatic heterocycles. The monoisotopic (exact) mass is 309 g/mol. The van der Waals surface area contributed by atoms with Gasteiger partial charge in [-0.05, 0) is 29.3 Å². The Morgan fingerprint density at radius 2 is 2.28 bits per heavy atom. The highest BCUT2D eigenvalue weighted by atomic mass is 79.9. The first kappa shape index (κ1) is 13.0. The molecule has 2 aromatic heterocycles. The zero-order valence-electron chi connectivity index (χ0n) is 10.4. The summed E-state index contributed by atoms with van der Waals surface area (Å²) in [7, 11) is 0. The molecule has 0 saturated heterocycles. The predicted molar refractivity (Wildman–Crippen MR) is 74.4 cm³/mol. The van der Waals surface area contributed by atoms with E-state index in [1.54, 1.807) is 6.20 Å². The maximum atomic E-state index is 4.48. The SMILES string of the molecule is CCCc1nc(Br)cc(NC(C)c2ncc[nH]2)n1. The van der Waals surface area contributed by atoms with E-state index in [1.165, 1.54) is 0 Å². The molecular weight excluding hydrogens is 294 g/mol. The Labute approximate surface area is 115 Å². The van der Waals surface area contributed by atoms with E-state index in [9.17, 15) is 0 Å². The Hall–Kier alpha value is -1.43. The first-order valence-electron chi connectivity index (χ1n) is 5.98. The molecule has 0 fully saturated rings. The van der Waals surface area contributed by atoms with Gasteiger partial charge in [-0.15, -0.1) is 0 Å². The average molecular weight is 310 g/mol. The lowest BCUT2D eigenvalue weighted by atomic mass is 10.3. The second-order valence-corrected chi connectivity index (χ2v) is 4.90. The van der Waals surface area contributed by atoms with Crippen molar-refractivity contribution in [2.45, 2.75) is 32.7 Å². The van der Waals surface area contributed by atoms with E-state index in [-0.39, 0.29) is 6.04 Å². The lowest BCUT2D eigenvalue weighted by molar-refractivity contribution is 0.786. The number of imidazole rings is 1. The van der Waals surface area contributed by atoms with Crippen LogP contribution in [0.25, 0.3) is 0 Å². The fraction of sp³-hybridized carbons (Fsp3) is 0.417. The molecule has 2 aromatic rings. The molecular formula is C12H16BrN5. The molecule has 0 bridgehead atoms. The summed E-state index contributed by atoms with van der Waals surface area (Å²) < 4.78 is 0.801. The second kappa shape index (κ2) is 5.95. The summed E-state index contributed by atoms with van der Waals surface area (Å²) in [6, 6.07) is 1.95. The Bertz CT molecular complexity index is 497. The lowest BCUT2D eigenvalue weighted by Gasteiger charge is -2.13. The van der Waals surface area contributed by atoms with Crippen LogP contribution in [0.4, 0.5) is 5.82 Å². The third-order valence-corrected chi connectivity index (χ3v) is 2.91. The van der Waals surface area contributed by atoms with E-state index < -0.39 is 0 Å². The van der Waals surface area contributed by atoms with Gasteiger partial charge >= 0.3 is 0 Å². The van der Waals surface area contributed by atoms with Crippen molar-refractivity contribution in [3.8, 4) is 0 Å². The minimum Gasteiger partial charge on any atom is -0.360 e. The van der Waals surface area contributed by atoms with Gasteiger partial charge in [0.05, 0.1) is 6.04 Å². The number of nitrogens with one attached hydrogen (secondary N) is 2. The molecule has 0 spiro atoms. The molecule has 1 atom stereocenters. The Kier molecular flexibility index (Phi) is 4.30. The second-order valence-electron chi connectivity index (χ2n) is 4.08. The molecule has 6 heteroatoms.